The van der Waals surface area contributed by atoms with E-state index in [0.29, 0.717) is 12.1 Å². The number of nitrogens with one attached hydrogen (secondary N) is 2. The molecule has 6 nitrogen and oxygen atoms in total. The molecule has 0 bridgehead atoms. The van der Waals surface area contributed by atoms with Gasteiger partial charge in [0, 0.05) is 24.7 Å². The van der Waals surface area contributed by atoms with Gasteiger partial charge >= 0.3 is 0 Å². The van der Waals surface area contributed by atoms with E-state index in [4.69, 9.17) is 0 Å². The van der Waals surface area contributed by atoms with Crippen LogP contribution >= 0.6 is 0 Å². The van der Waals surface area contributed by atoms with Gasteiger partial charge in [0.15, 0.2) is 0 Å². The summed E-state index contributed by atoms with van der Waals surface area (Å²) in [5.41, 5.74) is 1.78. The number of nitrogens with zero attached hydrogens (tertiary/aromatic N) is 2. The molecule has 0 saturated carbocycles. The predicted molar refractivity (Wildman–Crippen MR) is 73.4 cm³/mol. The quantitative estimate of drug-likeness (QED) is 0.742. The van der Waals surface area contributed by atoms with E-state index in [1.807, 2.05) is 35.0 Å². The molecule has 0 aromatic carbocycles. The molecule has 0 aliphatic rings. The fourth-order valence-electron chi connectivity index (χ4n) is 1.90. The predicted octanol–water partition coefficient (Wildman–Crippen LogP) is 0.953. The van der Waals surface area contributed by atoms with Crippen molar-refractivity contribution in [1.82, 2.24) is 19.7 Å². The molecule has 3 rings (SSSR count). The number of carbonyl (C=O) groups is 1. The highest BCUT2D eigenvalue weighted by molar-refractivity contribution is 5.93. The first-order valence-electron chi connectivity index (χ1n) is 6.12. The van der Waals surface area contributed by atoms with Crippen LogP contribution in [0.5, 0.6) is 0 Å². The van der Waals surface area contributed by atoms with Crippen LogP contribution in [0.2, 0.25) is 0 Å². The van der Waals surface area contributed by atoms with Crippen LogP contribution < -0.4 is 10.9 Å². The molecule has 0 radical (unpaired) electrons. The van der Waals surface area contributed by atoms with E-state index in [0.717, 1.165) is 11.3 Å². The number of rotatable bonds is 3. The smallest absolute Gasteiger partial charge is 0.253 e. The van der Waals surface area contributed by atoms with Gasteiger partial charge in [0.2, 0.25) is 5.56 Å². The average molecular weight is 268 g/mol. The summed E-state index contributed by atoms with van der Waals surface area (Å²) >= 11 is 0. The SMILES string of the molecule is O=C(NCc1cn2ccccc2n1)c1ccc(=O)[nH]c1. The second-order valence-corrected chi connectivity index (χ2v) is 4.32. The molecule has 0 aliphatic heterocycles. The maximum atomic E-state index is 11.9. The van der Waals surface area contributed by atoms with Gasteiger partial charge in [-0.1, -0.05) is 6.07 Å². The van der Waals surface area contributed by atoms with Gasteiger partial charge in [-0.3, -0.25) is 9.59 Å². The first-order chi connectivity index (χ1) is 9.72. The van der Waals surface area contributed by atoms with Gasteiger partial charge in [-0.05, 0) is 18.2 Å². The lowest BCUT2D eigenvalue weighted by Crippen LogP contribution is -2.23. The molecule has 6 heteroatoms. The monoisotopic (exact) mass is 268 g/mol. The molecular formula is C14H12N4O2. The Morgan fingerprint density at radius 3 is 2.95 bits per heavy atom. The van der Waals surface area contributed by atoms with Crippen molar-refractivity contribution >= 4 is 11.6 Å². The van der Waals surface area contributed by atoms with Crippen molar-refractivity contribution < 1.29 is 4.79 Å². The fourth-order valence-corrected chi connectivity index (χ4v) is 1.90. The van der Waals surface area contributed by atoms with Crippen molar-refractivity contribution in [3.8, 4) is 0 Å². The molecule has 3 aromatic heterocycles. The molecular weight excluding hydrogens is 256 g/mol. The van der Waals surface area contributed by atoms with Crippen LogP contribution in [0.15, 0.2) is 53.7 Å². The maximum Gasteiger partial charge on any atom is 0.253 e. The van der Waals surface area contributed by atoms with Gasteiger partial charge in [0.05, 0.1) is 17.8 Å². The standard InChI is InChI=1S/C14H12N4O2/c19-13-5-4-10(7-15-13)14(20)16-8-11-9-18-6-2-1-3-12(18)17-11/h1-7,9H,8H2,(H,15,19)(H,16,20). The molecule has 3 aromatic rings. The minimum Gasteiger partial charge on any atom is -0.346 e. The largest absolute Gasteiger partial charge is 0.346 e. The number of amides is 1. The average Bonchev–Trinajstić information content (AvgIpc) is 2.88. The summed E-state index contributed by atoms with van der Waals surface area (Å²) in [5, 5.41) is 2.76. The lowest BCUT2D eigenvalue weighted by atomic mass is 10.2. The van der Waals surface area contributed by atoms with Crippen LogP contribution in [0, 0.1) is 0 Å². The van der Waals surface area contributed by atoms with Crippen LogP contribution in [0.1, 0.15) is 16.1 Å². The number of aromatic amines is 1. The highest BCUT2D eigenvalue weighted by atomic mass is 16.1. The molecule has 0 saturated heterocycles. The van der Waals surface area contributed by atoms with E-state index in [2.05, 4.69) is 15.3 Å². The number of hydrogen-bond donors (Lipinski definition) is 2. The minimum atomic E-state index is -0.252. The Bertz CT molecular complexity index is 766. The summed E-state index contributed by atoms with van der Waals surface area (Å²) in [6, 6.07) is 8.52. The van der Waals surface area contributed by atoms with Crippen molar-refractivity contribution in [2.45, 2.75) is 6.54 Å². The summed E-state index contributed by atoms with van der Waals surface area (Å²) in [5.74, 6) is -0.252. The Morgan fingerprint density at radius 2 is 2.20 bits per heavy atom. The molecule has 3 heterocycles. The van der Waals surface area contributed by atoms with Crippen LogP contribution in [0.4, 0.5) is 0 Å². The Labute approximate surface area is 114 Å². The molecule has 20 heavy (non-hydrogen) atoms. The van der Waals surface area contributed by atoms with Crippen molar-refractivity contribution in [2.24, 2.45) is 0 Å². The number of hydrogen-bond acceptors (Lipinski definition) is 3. The van der Waals surface area contributed by atoms with Crippen molar-refractivity contribution in [3.05, 3.63) is 70.5 Å². The molecule has 100 valence electrons. The van der Waals surface area contributed by atoms with E-state index in [9.17, 15) is 9.59 Å². The molecule has 0 atom stereocenters. The first kappa shape index (κ1) is 12.2. The molecule has 1 amide bonds. The zero-order chi connectivity index (χ0) is 13.9. The molecule has 0 unspecified atom stereocenters. The van der Waals surface area contributed by atoms with Gasteiger partial charge in [-0.2, -0.15) is 0 Å². The number of imidazole rings is 1. The van der Waals surface area contributed by atoms with E-state index < -0.39 is 0 Å². The van der Waals surface area contributed by atoms with E-state index >= 15 is 0 Å². The van der Waals surface area contributed by atoms with Crippen LogP contribution in [-0.2, 0) is 6.54 Å². The number of aromatic nitrogens is 3. The Balaban J connectivity index is 1.71. The zero-order valence-electron chi connectivity index (χ0n) is 10.5. The molecule has 0 aliphatic carbocycles. The van der Waals surface area contributed by atoms with E-state index in [-0.39, 0.29) is 11.5 Å². The van der Waals surface area contributed by atoms with Crippen LogP contribution in [-0.4, -0.2) is 20.3 Å². The van der Waals surface area contributed by atoms with E-state index in [1.165, 1.54) is 18.3 Å². The third-order valence-electron chi connectivity index (χ3n) is 2.89. The van der Waals surface area contributed by atoms with Gasteiger partial charge in [-0.25, -0.2) is 4.98 Å². The highest BCUT2D eigenvalue weighted by Gasteiger charge is 2.06. The Morgan fingerprint density at radius 1 is 1.30 bits per heavy atom. The number of H-pyrrole nitrogens is 1. The topological polar surface area (TPSA) is 79.3 Å². The molecule has 2 N–H and O–H groups in total. The minimum absolute atomic E-state index is 0.234. The second-order valence-electron chi connectivity index (χ2n) is 4.32. The maximum absolute atomic E-state index is 11.9. The number of carbonyl (C=O) groups excluding carboxylic acids is 1. The summed E-state index contributed by atoms with van der Waals surface area (Å²) in [6.45, 7) is 0.333. The summed E-state index contributed by atoms with van der Waals surface area (Å²) in [7, 11) is 0. The van der Waals surface area contributed by atoms with Gasteiger partial charge in [0.25, 0.3) is 5.91 Å². The van der Waals surface area contributed by atoms with Gasteiger partial charge < -0.3 is 14.7 Å². The third-order valence-corrected chi connectivity index (χ3v) is 2.89. The van der Waals surface area contributed by atoms with Gasteiger partial charge in [-0.15, -0.1) is 0 Å². The van der Waals surface area contributed by atoms with Crippen molar-refractivity contribution in [3.63, 3.8) is 0 Å². The number of pyridine rings is 2. The fraction of sp³-hybridized carbons (Fsp3) is 0.0714. The summed E-state index contributed by atoms with van der Waals surface area (Å²) in [6.07, 6.45) is 5.15. The van der Waals surface area contributed by atoms with Crippen molar-refractivity contribution in [1.29, 1.82) is 0 Å². The van der Waals surface area contributed by atoms with Crippen molar-refractivity contribution in [2.75, 3.05) is 0 Å². The number of fused-ring (bicyclic) bond motifs is 1. The first-order valence-corrected chi connectivity index (χ1v) is 6.12. The van der Waals surface area contributed by atoms with E-state index in [1.54, 1.807) is 0 Å². The zero-order valence-corrected chi connectivity index (χ0v) is 10.5. The Kier molecular flexibility index (Phi) is 3.04. The lowest BCUT2D eigenvalue weighted by Gasteiger charge is -2.02. The lowest BCUT2D eigenvalue weighted by molar-refractivity contribution is 0.0950. The highest BCUT2D eigenvalue weighted by Crippen LogP contribution is 2.04. The van der Waals surface area contributed by atoms with Gasteiger partial charge in [0.1, 0.15) is 5.65 Å². The summed E-state index contributed by atoms with van der Waals surface area (Å²) < 4.78 is 1.89. The second kappa shape index (κ2) is 5.00. The summed E-state index contributed by atoms with van der Waals surface area (Å²) in [4.78, 5) is 29.6. The normalized spacial score (nSPS) is 10.6. The van der Waals surface area contributed by atoms with Crippen LogP contribution in [0.25, 0.3) is 5.65 Å². The van der Waals surface area contributed by atoms with Crippen LogP contribution in [0.3, 0.4) is 0 Å². The third kappa shape index (κ3) is 2.44. The molecule has 0 spiro atoms. The Hall–Kier alpha value is -2.89. The molecule has 0 fully saturated rings.